The molecule has 19 heavy (non-hydrogen) atoms. The maximum absolute atomic E-state index is 12.1. The van der Waals surface area contributed by atoms with E-state index in [0.29, 0.717) is 11.3 Å². The Morgan fingerprint density at radius 3 is 2.63 bits per heavy atom. The van der Waals surface area contributed by atoms with Crippen LogP contribution in [0.15, 0.2) is 11.3 Å². The Morgan fingerprint density at radius 2 is 2.00 bits per heavy atom. The van der Waals surface area contributed by atoms with Crippen LogP contribution in [0.5, 0.6) is 0 Å². The van der Waals surface area contributed by atoms with Crippen LogP contribution in [-0.2, 0) is 23.8 Å². The van der Waals surface area contributed by atoms with Crippen molar-refractivity contribution in [2.24, 2.45) is 5.92 Å². The van der Waals surface area contributed by atoms with E-state index in [1.165, 1.54) is 6.92 Å². The van der Waals surface area contributed by atoms with Crippen LogP contribution in [0.3, 0.4) is 0 Å². The van der Waals surface area contributed by atoms with Gasteiger partial charge in [0, 0.05) is 12.0 Å². The largest absolute Gasteiger partial charge is 0.486 e. The number of allylic oxidation sites excluding steroid dienone is 1. The summed E-state index contributed by atoms with van der Waals surface area (Å²) in [4.78, 5) is 24.0. The van der Waals surface area contributed by atoms with Crippen molar-refractivity contribution >= 4 is 11.6 Å². The molecule has 1 saturated carbocycles. The van der Waals surface area contributed by atoms with Gasteiger partial charge in [-0.05, 0) is 27.7 Å². The minimum absolute atomic E-state index is 0.0110. The molecule has 2 aliphatic heterocycles. The van der Waals surface area contributed by atoms with Crippen molar-refractivity contribution in [2.75, 3.05) is 0 Å². The highest BCUT2D eigenvalue weighted by Gasteiger charge is 2.58. The summed E-state index contributed by atoms with van der Waals surface area (Å²) < 4.78 is 17.3. The Morgan fingerprint density at radius 1 is 1.32 bits per heavy atom. The summed E-state index contributed by atoms with van der Waals surface area (Å²) in [6.45, 7) is 6.88. The first kappa shape index (κ1) is 12.8. The van der Waals surface area contributed by atoms with E-state index in [2.05, 4.69) is 0 Å². The Hall–Kier alpha value is -1.20. The fraction of sp³-hybridized carbons (Fsp3) is 0.714. The van der Waals surface area contributed by atoms with Crippen LogP contribution in [0.25, 0.3) is 0 Å². The summed E-state index contributed by atoms with van der Waals surface area (Å²) in [7, 11) is 0. The highest BCUT2D eigenvalue weighted by atomic mass is 16.8. The smallest absolute Gasteiger partial charge is 0.176 e. The molecule has 0 aromatic heterocycles. The molecule has 5 nitrogen and oxygen atoms in total. The molecule has 3 rings (SSSR count). The predicted octanol–water partition coefficient (Wildman–Crippen LogP) is 1.36. The van der Waals surface area contributed by atoms with Crippen LogP contribution in [-0.4, -0.2) is 35.7 Å². The van der Waals surface area contributed by atoms with Crippen molar-refractivity contribution in [1.29, 1.82) is 0 Å². The molecule has 104 valence electrons. The number of fused-ring (bicyclic) bond motifs is 3. The quantitative estimate of drug-likeness (QED) is 0.717. The molecule has 0 spiro atoms. The number of Topliss-reactive ketones (excluding diaryl/α,β-unsaturated/α-hetero) is 2. The van der Waals surface area contributed by atoms with Gasteiger partial charge in [-0.15, -0.1) is 0 Å². The molecule has 0 unspecified atom stereocenters. The lowest BCUT2D eigenvalue weighted by atomic mass is 9.77. The van der Waals surface area contributed by atoms with E-state index in [1.54, 1.807) is 6.92 Å². The molecule has 0 bridgehead atoms. The fourth-order valence-corrected chi connectivity index (χ4v) is 3.44. The van der Waals surface area contributed by atoms with E-state index in [9.17, 15) is 9.59 Å². The van der Waals surface area contributed by atoms with Gasteiger partial charge in [0.25, 0.3) is 0 Å². The van der Waals surface area contributed by atoms with Crippen molar-refractivity contribution in [1.82, 2.24) is 0 Å². The highest BCUT2D eigenvalue weighted by Crippen LogP contribution is 2.46. The first-order valence-electron chi connectivity index (χ1n) is 6.57. The van der Waals surface area contributed by atoms with Gasteiger partial charge in [-0.1, -0.05) is 0 Å². The Bertz CT molecular complexity index is 490. The number of hydrogen-bond donors (Lipinski definition) is 0. The summed E-state index contributed by atoms with van der Waals surface area (Å²) in [5.41, 5.74) is 0.578. The molecule has 0 N–H and O–H groups in total. The molecule has 0 aromatic rings. The third-order valence-electron chi connectivity index (χ3n) is 4.02. The van der Waals surface area contributed by atoms with Gasteiger partial charge in [0.2, 0.25) is 0 Å². The van der Waals surface area contributed by atoms with Crippen molar-refractivity contribution in [3.63, 3.8) is 0 Å². The molecular formula is C14H18O5. The van der Waals surface area contributed by atoms with Gasteiger partial charge in [0.1, 0.15) is 5.76 Å². The van der Waals surface area contributed by atoms with Crippen LogP contribution in [0.1, 0.15) is 34.1 Å². The Kier molecular flexibility index (Phi) is 2.63. The highest BCUT2D eigenvalue weighted by molar-refractivity contribution is 5.98. The first-order valence-corrected chi connectivity index (χ1v) is 6.57. The van der Waals surface area contributed by atoms with Gasteiger partial charge in [0.15, 0.2) is 23.5 Å². The number of carbonyl (C=O) groups excluding carboxylic acids is 2. The summed E-state index contributed by atoms with van der Waals surface area (Å²) in [6.07, 6.45) is -0.868. The van der Waals surface area contributed by atoms with Crippen molar-refractivity contribution in [2.45, 2.75) is 58.2 Å². The predicted molar refractivity (Wildman–Crippen MR) is 65.2 cm³/mol. The van der Waals surface area contributed by atoms with Crippen molar-refractivity contribution in [3.05, 3.63) is 11.3 Å². The lowest BCUT2D eigenvalue weighted by Crippen LogP contribution is -2.48. The lowest BCUT2D eigenvalue weighted by Gasteiger charge is -2.32. The van der Waals surface area contributed by atoms with Gasteiger partial charge < -0.3 is 14.2 Å². The zero-order chi connectivity index (χ0) is 13.9. The van der Waals surface area contributed by atoms with Crippen molar-refractivity contribution < 1.29 is 23.8 Å². The monoisotopic (exact) mass is 266 g/mol. The SMILES string of the molecule is CC(=O)C1=C(C)O[C@@H]2C(=O)C[C@H]3OC(C)(C)O[C@H]3[C@H]12. The molecule has 1 saturated heterocycles. The van der Waals surface area contributed by atoms with Gasteiger partial charge in [-0.2, -0.15) is 0 Å². The molecule has 2 heterocycles. The third-order valence-corrected chi connectivity index (χ3v) is 4.02. The molecule has 1 aliphatic carbocycles. The zero-order valence-electron chi connectivity index (χ0n) is 11.6. The fourth-order valence-electron chi connectivity index (χ4n) is 3.44. The van der Waals surface area contributed by atoms with E-state index >= 15 is 0 Å². The summed E-state index contributed by atoms with van der Waals surface area (Å²) in [5, 5.41) is 0. The zero-order valence-corrected chi connectivity index (χ0v) is 11.6. The molecule has 0 aromatic carbocycles. The Labute approximate surface area is 111 Å². The molecule has 3 aliphatic rings. The number of carbonyl (C=O) groups is 2. The van der Waals surface area contributed by atoms with Crippen LogP contribution < -0.4 is 0 Å². The van der Waals surface area contributed by atoms with E-state index in [1.807, 2.05) is 13.8 Å². The average molecular weight is 266 g/mol. The van der Waals surface area contributed by atoms with E-state index in [-0.39, 0.29) is 36.1 Å². The summed E-state index contributed by atoms with van der Waals surface area (Å²) in [6, 6.07) is 0. The van der Waals surface area contributed by atoms with E-state index in [0.717, 1.165) is 0 Å². The summed E-state index contributed by atoms with van der Waals surface area (Å²) >= 11 is 0. The third kappa shape index (κ3) is 1.83. The Balaban J connectivity index is 2.00. The molecule has 0 radical (unpaired) electrons. The molecule has 0 amide bonds. The van der Waals surface area contributed by atoms with E-state index < -0.39 is 11.9 Å². The molecule has 2 fully saturated rings. The van der Waals surface area contributed by atoms with Gasteiger partial charge >= 0.3 is 0 Å². The first-order chi connectivity index (χ1) is 8.80. The van der Waals surface area contributed by atoms with Crippen LogP contribution in [0.4, 0.5) is 0 Å². The van der Waals surface area contributed by atoms with Gasteiger partial charge in [-0.3, -0.25) is 9.59 Å². The number of hydrogen-bond acceptors (Lipinski definition) is 5. The number of ketones is 2. The lowest BCUT2D eigenvalue weighted by molar-refractivity contribution is -0.149. The second-order valence-corrected chi connectivity index (χ2v) is 5.90. The summed E-state index contributed by atoms with van der Waals surface area (Å²) in [5.74, 6) is -0.576. The van der Waals surface area contributed by atoms with Gasteiger partial charge in [-0.25, -0.2) is 0 Å². The van der Waals surface area contributed by atoms with Gasteiger partial charge in [0.05, 0.1) is 18.1 Å². The second-order valence-electron chi connectivity index (χ2n) is 5.90. The molecular weight excluding hydrogens is 248 g/mol. The van der Waals surface area contributed by atoms with E-state index in [4.69, 9.17) is 14.2 Å². The number of ether oxygens (including phenoxy) is 3. The maximum atomic E-state index is 12.1. The molecule has 4 atom stereocenters. The standard InChI is InChI=1S/C14H18O5/c1-6(15)10-7(2)17-12-8(16)5-9-13(11(10)12)19-14(3,4)18-9/h9,11-13H,5H2,1-4H3/t9-,11-,12-,13-/m1/s1. The van der Waals surface area contributed by atoms with Crippen LogP contribution in [0, 0.1) is 5.92 Å². The van der Waals surface area contributed by atoms with Crippen LogP contribution >= 0.6 is 0 Å². The topological polar surface area (TPSA) is 61.8 Å². The minimum Gasteiger partial charge on any atom is -0.486 e. The maximum Gasteiger partial charge on any atom is 0.176 e. The minimum atomic E-state index is -0.719. The van der Waals surface area contributed by atoms with Crippen LogP contribution in [0.2, 0.25) is 0 Å². The normalized spacial score (nSPS) is 39.9. The van der Waals surface area contributed by atoms with Crippen molar-refractivity contribution in [3.8, 4) is 0 Å². The average Bonchev–Trinajstić information content (AvgIpc) is 2.74. The second kappa shape index (κ2) is 3.90. The molecule has 5 heteroatoms. The number of rotatable bonds is 1.